The van der Waals surface area contributed by atoms with Crippen molar-refractivity contribution in [2.24, 2.45) is 0 Å². The summed E-state index contributed by atoms with van der Waals surface area (Å²) in [5, 5.41) is 2.63. The average molecular weight is 351 g/mol. The third kappa shape index (κ3) is 3.23. The van der Waals surface area contributed by atoms with E-state index in [-0.39, 0.29) is 29.5 Å². The molecule has 2 aromatic carbocycles. The highest BCUT2D eigenvalue weighted by molar-refractivity contribution is 6.33. The third-order valence-corrected chi connectivity index (χ3v) is 4.10. The smallest absolute Gasteiger partial charge is 0.256 e. The lowest BCUT2D eigenvalue weighted by Gasteiger charge is -2.17. The number of anilines is 1. The molecule has 3 rings (SSSR count). The van der Waals surface area contributed by atoms with Gasteiger partial charge in [-0.1, -0.05) is 17.7 Å². The molecule has 1 saturated heterocycles. The topological polar surface area (TPSA) is 49.4 Å². The summed E-state index contributed by atoms with van der Waals surface area (Å²) in [6.45, 7) is 0.224. The van der Waals surface area contributed by atoms with Crippen LogP contribution in [0.1, 0.15) is 16.8 Å². The van der Waals surface area contributed by atoms with Gasteiger partial charge in [0, 0.05) is 18.7 Å². The van der Waals surface area contributed by atoms with Crippen LogP contribution < -0.4 is 10.2 Å². The highest BCUT2D eigenvalue weighted by Crippen LogP contribution is 2.23. The molecule has 0 aliphatic carbocycles. The number of rotatable bonds is 3. The second-order valence-electron chi connectivity index (χ2n) is 5.45. The fourth-order valence-corrected chi connectivity index (χ4v) is 2.90. The molecule has 124 valence electrons. The van der Waals surface area contributed by atoms with Crippen molar-refractivity contribution in [1.82, 2.24) is 5.32 Å². The summed E-state index contributed by atoms with van der Waals surface area (Å²) in [7, 11) is 0. The second-order valence-corrected chi connectivity index (χ2v) is 5.86. The summed E-state index contributed by atoms with van der Waals surface area (Å²) in [6.07, 6.45) is 0.0786. The number of hydrogen-bond acceptors (Lipinski definition) is 2. The molecule has 0 radical (unpaired) electrons. The number of hydrogen-bond donors (Lipinski definition) is 1. The molecule has 1 fully saturated rings. The van der Waals surface area contributed by atoms with Gasteiger partial charge in [-0.05, 0) is 36.4 Å². The molecule has 1 aliphatic rings. The van der Waals surface area contributed by atoms with Crippen molar-refractivity contribution in [1.29, 1.82) is 0 Å². The van der Waals surface area contributed by atoms with E-state index in [1.807, 2.05) is 0 Å². The zero-order valence-electron chi connectivity index (χ0n) is 12.4. The van der Waals surface area contributed by atoms with E-state index in [1.54, 1.807) is 0 Å². The Morgan fingerprint density at radius 1 is 1.17 bits per heavy atom. The molecule has 24 heavy (non-hydrogen) atoms. The van der Waals surface area contributed by atoms with Crippen LogP contribution in [0.25, 0.3) is 0 Å². The Bertz CT molecular complexity index is 775. The van der Waals surface area contributed by atoms with Gasteiger partial charge in [0.1, 0.15) is 11.6 Å². The van der Waals surface area contributed by atoms with Crippen molar-refractivity contribution in [3.8, 4) is 0 Å². The maximum Gasteiger partial charge on any atom is 0.256 e. The molecule has 1 N–H and O–H groups in total. The highest BCUT2D eigenvalue weighted by atomic mass is 35.5. The normalized spacial score (nSPS) is 17.2. The van der Waals surface area contributed by atoms with Gasteiger partial charge in [-0.25, -0.2) is 8.78 Å². The summed E-state index contributed by atoms with van der Waals surface area (Å²) in [5.41, 5.74) is 0.300. The molecule has 2 amide bonds. The number of halogens is 3. The minimum Gasteiger partial charge on any atom is -0.347 e. The zero-order chi connectivity index (χ0) is 17.3. The molecule has 0 unspecified atom stereocenters. The van der Waals surface area contributed by atoms with Crippen molar-refractivity contribution in [3.05, 3.63) is 64.7 Å². The van der Waals surface area contributed by atoms with Crippen molar-refractivity contribution < 1.29 is 18.4 Å². The lowest BCUT2D eigenvalue weighted by molar-refractivity contribution is -0.117. The van der Waals surface area contributed by atoms with E-state index >= 15 is 0 Å². The maximum absolute atomic E-state index is 13.8. The molecule has 7 heteroatoms. The Morgan fingerprint density at radius 2 is 1.88 bits per heavy atom. The molecule has 2 aromatic rings. The molecule has 1 heterocycles. The van der Waals surface area contributed by atoms with E-state index in [1.165, 1.54) is 41.3 Å². The molecular formula is C17H13ClF2N2O2. The fourth-order valence-electron chi connectivity index (χ4n) is 2.65. The fraction of sp³-hybridized carbons (Fsp3) is 0.176. The molecule has 0 saturated carbocycles. The van der Waals surface area contributed by atoms with Crippen molar-refractivity contribution >= 4 is 29.1 Å². The molecule has 4 nitrogen and oxygen atoms in total. The summed E-state index contributed by atoms with van der Waals surface area (Å²) in [6, 6.07) is 8.99. The highest BCUT2D eigenvalue weighted by Gasteiger charge is 2.32. The van der Waals surface area contributed by atoms with E-state index < -0.39 is 23.6 Å². The van der Waals surface area contributed by atoms with Gasteiger partial charge in [-0.2, -0.15) is 0 Å². The van der Waals surface area contributed by atoms with Crippen LogP contribution in [-0.4, -0.2) is 24.4 Å². The molecule has 0 aromatic heterocycles. The molecule has 0 spiro atoms. The van der Waals surface area contributed by atoms with Crippen LogP contribution >= 0.6 is 11.6 Å². The van der Waals surface area contributed by atoms with Crippen LogP contribution in [0.4, 0.5) is 14.5 Å². The van der Waals surface area contributed by atoms with Crippen LogP contribution in [-0.2, 0) is 4.79 Å². The summed E-state index contributed by atoms with van der Waals surface area (Å²) in [5.74, 6) is -1.99. The first-order valence-electron chi connectivity index (χ1n) is 7.26. The maximum atomic E-state index is 13.8. The Labute approximate surface area is 142 Å². The molecule has 1 aliphatic heterocycles. The minimum atomic E-state index is -0.722. The number of nitrogens with zero attached hydrogens (tertiary/aromatic N) is 1. The largest absolute Gasteiger partial charge is 0.347 e. The van der Waals surface area contributed by atoms with Gasteiger partial charge >= 0.3 is 0 Å². The van der Waals surface area contributed by atoms with Crippen LogP contribution in [0, 0.1) is 11.6 Å². The predicted molar refractivity (Wildman–Crippen MR) is 86.0 cm³/mol. The number of carbonyl (C=O) groups is 2. The monoisotopic (exact) mass is 350 g/mol. The second kappa shape index (κ2) is 6.57. The standard InChI is InChI=1S/C17H13ClF2N2O2/c18-13-2-1-3-14(20)16(13)17(24)21-11-8-15(23)22(9-11)12-6-4-10(19)5-7-12/h1-7,11H,8-9H2,(H,21,24)/t11-/m1/s1. The molecule has 0 bridgehead atoms. The first-order valence-corrected chi connectivity index (χ1v) is 7.64. The Balaban J connectivity index is 1.72. The molecule has 1 atom stereocenters. The lowest BCUT2D eigenvalue weighted by atomic mass is 10.1. The van der Waals surface area contributed by atoms with Gasteiger partial charge < -0.3 is 10.2 Å². The summed E-state index contributed by atoms with van der Waals surface area (Å²) in [4.78, 5) is 25.8. The predicted octanol–water partition coefficient (Wildman–Crippen LogP) is 3.15. The van der Waals surface area contributed by atoms with E-state index in [2.05, 4.69) is 5.32 Å². The van der Waals surface area contributed by atoms with Gasteiger partial charge in [0.15, 0.2) is 0 Å². The van der Waals surface area contributed by atoms with E-state index in [0.29, 0.717) is 5.69 Å². The first-order chi connectivity index (χ1) is 11.5. The lowest BCUT2D eigenvalue weighted by Crippen LogP contribution is -2.37. The van der Waals surface area contributed by atoms with E-state index in [9.17, 15) is 18.4 Å². The van der Waals surface area contributed by atoms with Gasteiger partial charge in [0.2, 0.25) is 5.91 Å². The quantitative estimate of drug-likeness (QED) is 0.924. The van der Waals surface area contributed by atoms with Crippen molar-refractivity contribution in [2.45, 2.75) is 12.5 Å². The Hall–Kier alpha value is -2.47. The average Bonchev–Trinajstić information content (AvgIpc) is 2.88. The van der Waals surface area contributed by atoms with Gasteiger partial charge in [0.25, 0.3) is 5.91 Å². The van der Waals surface area contributed by atoms with Gasteiger partial charge in [-0.15, -0.1) is 0 Å². The number of carbonyl (C=O) groups excluding carboxylic acids is 2. The summed E-state index contributed by atoms with van der Waals surface area (Å²) >= 11 is 5.86. The van der Waals surface area contributed by atoms with E-state index in [4.69, 9.17) is 11.6 Å². The Kier molecular flexibility index (Phi) is 4.49. The minimum absolute atomic E-state index is 0.00668. The van der Waals surface area contributed by atoms with E-state index in [0.717, 1.165) is 6.07 Å². The molecular weight excluding hydrogens is 338 g/mol. The SMILES string of the molecule is O=C(N[C@@H]1CC(=O)N(c2ccc(F)cc2)C1)c1c(F)cccc1Cl. The number of nitrogens with one attached hydrogen (secondary N) is 1. The zero-order valence-corrected chi connectivity index (χ0v) is 13.2. The van der Waals surface area contributed by atoms with Gasteiger partial charge in [-0.3, -0.25) is 9.59 Å². The van der Waals surface area contributed by atoms with Crippen LogP contribution in [0.2, 0.25) is 5.02 Å². The number of amides is 2. The number of benzene rings is 2. The van der Waals surface area contributed by atoms with Crippen LogP contribution in [0.3, 0.4) is 0 Å². The van der Waals surface area contributed by atoms with Crippen LogP contribution in [0.5, 0.6) is 0 Å². The Morgan fingerprint density at radius 3 is 2.54 bits per heavy atom. The van der Waals surface area contributed by atoms with Gasteiger partial charge in [0.05, 0.1) is 16.6 Å². The third-order valence-electron chi connectivity index (χ3n) is 3.79. The van der Waals surface area contributed by atoms with Crippen molar-refractivity contribution in [3.63, 3.8) is 0 Å². The first kappa shape index (κ1) is 16.4. The van der Waals surface area contributed by atoms with Crippen molar-refractivity contribution in [2.75, 3.05) is 11.4 Å². The van der Waals surface area contributed by atoms with Crippen LogP contribution in [0.15, 0.2) is 42.5 Å². The summed E-state index contributed by atoms with van der Waals surface area (Å²) < 4.78 is 26.7.